The minimum absolute atomic E-state index is 0.0763. The lowest BCUT2D eigenvalue weighted by Crippen LogP contribution is -2.32. The van der Waals surface area contributed by atoms with Crippen molar-refractivity contribution >= 4 is 11.6 Å². The van der Waals surface area contributed by atoms with Crippen LogP contribution in [-0.4, -0.2) is 5.91 Å². The summed E-state index contributed by atoms with van der Waals surface area (Å²) in [5.41, 5.74) is 3.38. The number of fused-ring (bicyclic) bond motifs is 1. The normalized spacial score (nSPS) is 20.7. The van der Waals surface area contributed by atoms with Crippen LogP contribution in [0.1, 0.15) is 49.1 Å². The number of carbonyl (C=O) groups excluding carboxylic acids is 1. The Kier molecular flexibility index (Phi) is 4.05. The fourth-order valence-electron chi connectivity index (χ4n) is 3.30. The lowest BCUT2D eigenvalue weighted by Gasteiger charge is -2.33. The Morgan fingerprint density at radius 1 is 1.00 bits per heavy atom. The predicted molar refractivity (Wildman–Crippen MR) is 86.5 cm³/mol. The van der Waals surface area contributed by atoms with Gasteiger partial charge in [-0.3, -0.25) is 4.79 Å². The van der Waals surface area contributed by atoms with E-state index in [2.05, 4.69) is 36.5 Å². The third-order valence-electron chi connectivity index (χ3n) is 4.33. The maximum Gasteiger partial charge on any atom is 0.232 e. The molecule has 3 rings (SSSR count). The van der Waals surface area contributed by atoms with Gasteiger partial charge in [0.05, 0.1) is 5.92 Å². The van der Waals surface area contributed by atoms with Gasteiger partial charge in [-0.05, 0) is 23.6 Å². The third kappa shape index (κ3) is 2.71. The second-order valence-corrected chi connectivity index (χ2v) is 5.71. The molecule has 0 saturated carbocycles. The van der Waals surface area contributed by atoms with Crippen molar-refractivity contribution in [1.82, 2.24) is 0 Å². The molecule has 1 aliphatic heterocycles. The fraction of sp³-hybridized carbons (Fsp3) is 0.316. The number of hydrogen-bond acceptors (Lipinski definition) is 1. The molecular weight excluding hydrogens is 258 g/mol. The highest BCUT2D eigenvalue weighted by atomic mass is 16.2. The monoisotopic (exact) mass is 279 g/mol. The Hall–Kier alpha value is -2.09. The minimum atomic E-state index is -0.0763. The van der Waals surface area contributed by atoms with Gasteiger partial charge in [-0.15, -0.1) is 0 Å². The highest BCUT2D eigenvalue weighted by molar-refractivity contribution is 5.99. The second-order valence-electron chi connectivity index (χ2n) is 5.71. The summed E-state index contributed by atoms with van der Waals surface area (Å²) >= 11 is 0. The standard InChI is InChI=1S/C19H21NO/c1-2-3-11-16-15-12-7-8-13-17(15)20-19(21)18(16)14-9-5-4-6-10-14/h4-10,12-13,16,18H,2-3,11H2,1H3,(H,20,21)/t16-,18+/m1/s1. The molecule has 108 valence electrons. The summed E-state index contributed by atoms with van der Waals surface area (Å²) < 4.78 is 0. The molecule has 1 N–H and O–H groups in total. The zero-order valence-electron chi connectivity index (χ0n) is 12.4. The van der Waals surface area contributed by atoms with Crippen molar-refractivity contribution in [2.75, 3.05) is 5.32 Å². The van der Waals surface area contributed by atoms with Crippen LogP contribution < -0.4 is 5.32 Å². The highest BCUT2D eigenvalue weighted by Gasteiger charge is 2.35. The van der Waals surface area contributed by atoms with E-state index in [4.69, 9.17) is 0 Å². The van der Waals surface area contributed by atoms with Crippen molar-refractivity contribution in [2.24, 2.45) is 0 Å². The molecule has 0 aromatic heterocycles. The third-order valence-corrected chi connectivity index (χ3v) is 4.33. The molecule has 1 heterocycles. The number of hydrogen-bond donors (Lipinski definition) is 1. The SMILES string of the molecule is CCCC[C@@H]1c2ccccc2NC(=O)[C@H]1c1ccccc1. The minimum Gasteiger partial charge on any atom is -0.325 e. The molecule has 0 unspecified atom stereocenters. The number of benzene rings is 2. The van der Waals surface area contributed by atoms with E-state index >= 15 is 0 Å². The Labute approximate surface area is 126 Å². The number of nitrogens with one attached hydrogen (secondary N) is 1. The summed E-state index contributed by atoms with van der Waals surface area (Å²) in [7, 11) is 0. The van der Waals surface area contributed by atoms with Crippen LogP contribution in [0.3, 0.4) is 0 Å². The van der Waals surface area contributed by atoms with Crippen molar-refractivity contribution in [3.63, 3.8) is 0 Å². The van der Waals surface area contributed by atoms with Crippen LogP contribution >= 0.6 is 0 Å². The average Bonchev–Trinajstić information content (AvgIpc) is 2.53. The quantitative estimate of drug-likeness (QED) is 0.863. The Balaban J connectivity index is 2.03. The summed E-state index contributed by atoms with van der Waals surface area (Å²) in [6.45, 7) is 2.20. The van der Waals surface area contributed by atoms with Crippen LogP contribution in [0.4, 0.5) is 5.69 Å². The van der Waals surface area contributed by atoms with Gasteiger partial charge in [-0.1, -0.05) is 68.3 Å². The van der Waals surface area contributed by atoms with Crippen LogP contribution in [0, 0.1) is 0 Å². The molecule has 2 aromatic carbocycles. The van der Waals surface area contributed by atoms with E-state index in [1.165, 1.54) is 5.56 Å². The smallest absolute Gasteiger partial charge is 0.232 e. The van der Waals surface area contributed by atoms with Crippen molar-refractivity contribution in [3.05, 3.63) is 65.7 Å². The Morgan fingerprint density at radius 3 is 2.48 bits per heavy atom. The molecule has 2 aromatic rings. The van der Waals surface area contributed by atoms with Gasteiger partial charge in [0.15, 0.2) is 0 Å². The van der Waals surface area contributed by atoms with Gasteiger partial charge in [0, 0.05) is 11.6 Å². The van der Waals surface area contributed by atoms with Crippen LogP contribution in [0.25, 0.3) is 0 Å². The van der Waals surface area contributed by atoms with E-state index in [-0.39, 0.29) is 17.7 Å². The van der Waals surface area contributed by atoms with Gasteiger partial charge in [-0.2, -0.15) is 0 Å². The number of carbonyl (C=O) groups is 1. The van der Waals surface area contributed by atoms with Gasteiger partial charge >= 0.3 is 0 Å². The molecule has 0 radical (unpaired) electrons. The molecule has 2 atom stereocenters. The largest absolute Gasteiger partial charge is 0.325 e. The molecule has 21 heavy (non-hydrogen) atoms. The summed E-state index contributed by atoms with van der Waals surface area (Å²) in [5.74, 6) is 0.325. The molecule has 0 spiro atoms. The predicted octanol–water partition coefficient (Wildman–Crippen LogP) is 4.70. The van der Waals surface area contributed by atoms with Crippen LogP contribution in [-0.2, 0) is 4.79 Å². The van der Waals surface area contributed by atoms with E-state index in [0.29, 0.717) is 0 Å². The number of para-hydroxylation sites is 1. The van der Waals surface area contributed by atoms with E-state index in [1.54, 1.807) is 0 Å². The summed E-state index contributed by atoms with van der Waals surface area (Å²) in [5, 5.41) is 3.08. The first-order valence-corrected chi connectivity index (χ1v) is 7.76. The molecule has 2 heteroatoms. The number of unbranched alkanes of at least 4 members (excludes halogenated alkanes) is 1. The van der Waals surface area contributed by atoms with E-state index in [9.17, 15) is 4.79 Å². The van der Waals surface area contributed by atoms with Crippen molar-refractivity contribution < 1.29 is 4.79 Å². The van der Waals surface area contributed by atoms with E-state index in [1.807, 2.05) is 30.3 Å². The molecule has 0 fully saturated rings. The van der Waals surface area contributed by atoms with Crippen molar-refractivity contribution in [1.29, 1.82) is 0 Å². The van der Waals surface area contributed by atoms with Crippen LogP contribution in [0.15, 0.2) is 54.6 Å². The van der Waals surface area contributed by atoms with Gasteiger partial charge < -0.3 is 5.32 Å². The molecule has 2 nitrogen and oxygen atoms in total. The second kappa shape index (κ2) is 6.13. The maximum absolute atomic E-state index is 12.6. The summed E-state index contributed by atoms with van der Waals surface area (Å²) in [6, 6.07) is 18.4. The molecule has 1 amide bonds. The van der Waals surface area contributed by atoms with Gasteiger partial charge in [0.1, 0.15) is 0 Å². The summed E-state index contributed by atoms with van der Waals surface area (Å²) in [6.07, 6.45) is 3.36. The molecule has 0 aliphatic carbocycles. The average molecular weight is 279 g/mol. The zero-order valence-corrected chi connectivity index (χ0v) is 12.4. The molecule has 0 bridgehead atoms. The van der Waals surface area contributed by atoms with Crippen LogP contribution in [0.2, 0.25) is 0 Å². The lowest BCUT2D eigenvalue weighted by molar-refractivity contribution is -0.118. The highest BCUT2D eigenvalue weighted by Crippen LogP contribution is 2.43. The van der Waals surface area contributed by atoms with E-state index in [0.717, 1.165) is 30.5 Å². The van der Waals surface area contributed by atoms with Crippen LogP contribution in [0.5, 0.6) is 0 Å². The Bertz CT molecular complexity index is 620. The van der Waals surface area contributed by atoms with E-state index < -0.39 is 0 Å². The zero-order chi connectivity index (χ0) is 14.7. The first-order valence-electron chi connectivity index (χ1n) is 7.76. The number of amides is 1. The Morgan fingerprint density at radius 2 is 1.71 bits per heavy atom. The topological polar surface area (TPSA) is 29.1 Å². The van der Waals surface area contributed by atoms with Gasteiger partial charge in [0.2, 0.25) is 5.91 Å². The van der Waals surface area contributed by atoms with Crippen molar-refractivity contribution in [3.8, 4) is 0 Å². The molecule has 0 saturated heterocycles. The molecular formula is C19H21NO. The number of rotatable bonds is 4. The summed E-state index contributed by atoms with van der Waals surface area (Å²) in [4.78, 5) is 12.6. The maximum atomic E-state index is 12.6. The number of anilines is 1. The lowest BCUT2D eigenvalue weighted by atomic mass is 9.75. The first-order chi connectivity index (χ1) is 10.3. The first kappa shape index (κ1) is 13.9. The van der Waals surface area contributed by atoms with Gasteiger partial charge in [0.25, 0.3) is 0 Å². The molecule has 1 aliphatic rings. The van der Waals surface area contributed by atoms with Gasteiger partial charge in [-0.25, -0.2) is 0 Å². The van der Waals surface area contributed by atoms with Crippen molar-refractivity contribution in [2.45, 2.75) is 38.0 Å². The fourth-order valence-corrected chi connectivity index (χ4v) is 3.30.